The predicted molar refractivity (Wildman–Crippen MR) is 126 cm³/mol. The van der Waals surface area contributed by atoms with Crippen LogP contribution in [0.2, 0.25) is 0 Å². The molecule has 0 atom stereocenters. The molecule has 168 valence electrons. The van der Waals surface area contributed by atoms with Crippen LogP contribution in [0.4, 0.5) is 5.69 Å². The first-order valence-electron chi connectivity index (χ1n) is 11.0. The van der Waals surface area contributed by atoms with Crippen LogP contribution in [0, 0.1) is 25.2 Å². The SMILES string of the molecule is C=C[C@]1(O)CC[C@](C#N)(c2ccc(NC(=O)c3cnn(-c4ccc(C)cc4)c3C)cn2)CC1. The van der Waals surface area contributed by atoms with Crippen LogP contribution >= 0.6 is 0 Å². The van der Waals surface area contributed by atoms with E-state index in [1.165, 1.54) is 0 Å². The zero-order valence-corrected chi connectivity index (χ0v) is 18.9. The van der Waals surface area contributed by atoms with Gasteiger partial charge < -0.3 is 10.4 Å². The molecule has 3 aromatic rings. The van der Waals surface area contributed by atoms with Gasteiger partial charge in [0.25, 0.3) is 5.91 Å². The van der Waals surface area contributed by atoms with Crippen molar-refractivity contribution < 1.29 is 9.90 Å². The van der Waals surface area contributed by atoms with Gasteiger partial charge in [-0.2, -0.15) is 10.4 Å². The van der Waals surface area contributed by atoms with Crippen molar-refractivity contribution in [3.8, 4) is 11.8 Å². The Hall–Kier alpha value is -3.76. The minimum Gasteiger partial charge on any atom is -0.386 e. The summed E-state index contributed by atoms with van der Waals surface area (Å²) in [6, 6.07) is 13.9. The number of nitrogens with zero attached hydrogens (tertiary/aromatic N) is 4. The fourth-order valence-corrected chi connectivity index (χ4v) is 4.27. The number of anilines is 1. The van der Waals surface area contributed by atoms with E-state index < -0.39 is 11.0 Å². The number of nitriles is 1. The number of hydrogen-bond acceptors (Lipinski definition) is 5. The van der Waals surface area contributed by atoms with Crippen molar-refractivity contribution in [2.75, 3.05) is 5.32 Å². The van der Waals surface area contributed by atoms with Gasteiger partial charge in [0, 0.05) is 0 Å². The van der Waals surface area contributed by atoms with Gasteiger partial charge in [0.05, 0.1) is 57.8 Å². The van der Waals surface area contributed by atoms with Crippen molar-refractivity contribution in [1.29, 1.82) is 5.26 Å². The summed E-state index contributed by atoms with van der Waals surface area (Å²) in [6.45, 7) is 7.57. The maximum atomic E-state index is 12.9. The number of rotatable bonds is 5. The van der Waals surface area contributed by atoms with E-state index in [0.29, 0.717) is 42.6 Å². The van der Waals surface area contributed by atoms with E-state index >= 15 is 0 Å². The molecular formula is C26H27N5O2. The highest BCUT2D eigenvalue weighted by Crippen LogP contribution is 2.42. The number of pyridine rings is 1. The van der Waals surface area contributed by atoms with Gasteiger partial charge in [0.2, 0.25) is 0 Å². The molecule has 1 aliphatic carbocycles. The Kier molecular flexibility index (Phi) is 5.88. The Morgan fingerprint density at radius 3 is 2.42 bits per heavy atom. The molecule has 1 amide bonds. The third-order valence-corrected chi connectivity index (χ3v) is 6.61. The van der Waals surface area contributed by atoms with E-state index in [1.807, 2.05) is 38.1 Å². The number of aliphatic hydroxyl groups is 1. The summed E-state index contributed by atoms with van der Waals surface area (Å²) < 4.78 is 1.74. The zero-order chi connectivity index (χ0) is 23.6. The number of aromatic nitrogens is 3. The molecule has 33 heavy (non-hydrogen) atoms. The molecule has 7 nitrogen and oxygen atoms in total. The average Bonchev–Trinajstić information content (AvgIpc) is 3.22. The summed E-state index contributed by atoms with van der Waals surface area (Å²) in [5, 5.41) is 27.5. The number of carbonyl (C=O) groups is 1. The van der Waals surface area contributed by atoms with Gasteiger partial charge in [0.15, 0.2) is 0 Å². The van der Waals surface area contributed by atoms with E-state index in [4.69, 9.17) is 0 Å². The van der Waals surface area contributed by atoms with E-state index in [-0.39, 0.29) is 5.91 Å². The van der Waals surface area contributed by atoms with Gasteiger partial charge in [0.1, 0.15) is 0 Å². The first kappa shape index (κ1) is 22.4. The molecule has 1 aliphatic rings. The molecule has 2 aromatic heterocycles. The van der Waals surface area contributed by atoms with Crippen molar-refractivity contribution in [2.45, 2.75) is 50.5 Å². The molecule has 2 N–H and O–H groups in total. The highest BCUT2D eigenvalue weighted by molar-refractivity contribution is 6.04. The number of hydrogen-bond donors (Lipinski definition) is 2. The molecular weight excluding hydrogens is 414 g/mol. The monoisotopic (exact) mass is 441 g/mol. The van der Waals surface area contributed by atoms with Crippen molar-refractivity contribution in [3.63, 3.8) is 0 Å². The summed E-state index contributed by atoms with van der Waals surface area (Å²) in [5.41, 5.74) is 2.78. The fourth-order valence-electron chi connectivity index (χ4n) is 4.27. The molecule has 1 aromatic carbocycles. The molecule has 0 aliphatic heterocycles. The third-order valence-electron chi connectivity index (χ3n) is 6.61. The normalized spacial score (nSPS) is 22.4. The van der Waals surface area contributed by atoms with Crippen LogP contribution in [-0.4, -0.2) is 31.4 Å². The minimum atomic E-state index is -0.921. The predicted octanol–water partition coefficient (Wildman–Crippen LogP) is 4.39. The molecule has 0 spiro atoms. The third kappa shape index (κ3) is 4.30. The van der Waals surface area contributed by atoms with Crippen LogP contribution in [-0.2, 0) is 5.41 Å². The van der Waals surface area contributed by atoms with Crippen LogP contribution in [0.15, 0.2) is 61.4 Å². The van der Waals surface area contributed by atoms with Gasteiger partial charge in [-0.05, 0) is 63.8 Å². The second-order valence-electron chi connectivity index (χ2n) is 8.78. The zero-order valence-electron chi connectivity index (χ0n) is 18.9. The van der Waals surface area contributed by atoms with Gasteiger partial charge in [-0.25, -0.2) is 4.68 Å². The lowest BCUT2D eigenvalue weighted by atomic mass is 9.67. The molecule has 0 radical (unpaired) electrons. The van der Waals surface area contributed by atoms with E-state index in [0.717, 1.165) is 16.9 Å². The maximum Gasteiger partial charge on any atom is 0.259 e. The molecule has 0 unspecified atom stereocenters. The number of benzene rings is 1. The van der Waals surface area contributed by atoms with E-state index in [2.05, 4.69) is 28.0 Å². The van der Waals surface area contributed by atoms with Crippen LogP contribution in [0.1, 0.15) is 53.0 Å². The molecule has 0 bridgehead atoms. The largest absolute Gasteiger partial charge is 0.386 e. The summed E-state index contributed by atoms with van der Waals surface area (Å²) in [6.07, 6.45) is 6.62. The van der Waals surface area contributed by atoms with Gasteiger partial charge in [-0.3, -0.25) is 9.78 Å². The molecule has 1 fully saturated rings. The van der Waals surface area contributed by atoms with Crippen LogP contribution < -0.4 is 5.32 Å². The number of amides is 1. The molecule has 2 heterocycles. The van der Waals surface area contributed by atoms with Crippen LogP contribution in [0.3, 0.4) is 0 Å². The second-order valence-corrected chi connectivity index (χ2v) is 8.78. The summed E-state index contributed by atoms with van der Waals surface area (Å²) in [7, 11) is 0. The molecule has 7 heteroatoms. The van der Waals surface area contributed by atoms with Crippen molar-refractivity contribution in [2.24, 2.45) is 0 Å². The molecule has 4 rings (SSSR count). The lowest BCUT2D eigenvalue weighted by molar-refractivity contribution is 0.0354. The van der Waals surface area contributed by atoms with Crippen molar-refractivity contribution >= 4 is 11.6 Å². The summed E-state index contributed by atoms with van der Waals surface area (Å²) >= 11 is 0. The van der Waals surface area contributed by atoms with Crippen molar-refractivity contribution in [3.05, 3.63) is 84.0 Å². The number of nitrogens with one attached hydrogen (secondary N) is 1. The van der Waals surface area contributed by atoms with Gasteiger partial charge in [-0.15, -0.1) is 6.58 Å². The smallest absolute Gasteiger partial charge is 0.259 e. The minimum absolute atomic E-state index is 0.274. The number of aryl methyl sites for hydroxylation is 1. The van der Waals surface area contributed by atoms with E-state index in [1.54, 1.807) is 35.3 Å². The first-order chi connectivity index (χ1) is 15.8. The maximum absolute atomic E-state index is 12.9. The Labute approximate surface area is 193 Å². The van der Waals surface area contributed by atoms with Crippen molar-refractivity contribution in [1.82, 2.24) is 14.8 Å². The van der Waals surface area contributed by atoms with Gasteiger partial charge in [-0.1, -0.05) is 23.8 Å². The highest BCUT2D eigenvalue weighted by Gasteiger charge is 2.42. The highest BCUT2D eigenvalue weighted by atomic mass is 16.3. The lowest BCUT2D eigenvalue weighted by Crippen LogP contribution is -2.39. The van der Waals surface area contributed by atoms with E-state index in [9.17, 15) is 15.2 Å². The Morgan fingerprint density at radius 1 is 1.15 bits per heavy atom. The topological polar surface area (TPSA) is 104 Å². The lowest BCUT2D eigenvalue weighted by Gasteiger charge is -2.38. The summed E-state index contributed by atoms with van der Waals surface area (Å²) in [5.74, 6) is -0.274. The number of carbonyl (C=O) groups excluding carboxylic acids is 1. The standard InChI is InChI=1S/C26H27N5O2/c1-4-26(33)13-11-25(17-27,12-14-26)23-10-7-20(15-28-23)30-24(32)22-16-29-31(19(22)3)21-8-5-18(2)6-9-21/h4-10,15-16,33H,1,11-14H2,2-3H3,(H,30,32)/t25-,26-. The fraction of sp³-hybridized carbons (Fsp3) is 0.308. The Morgan fingerprint density at radius 2 is 1.85 bits per heavy atom. The quantitative estimate of drug-likeness (QED) is 0.572. The van der Waals surface area contributed by atoms with Crippen LogP contribution in [0.5, 0.6) is 0 Å². The Bertz CT molecular complexity index is 1210. The second kappa shape index (κ2) is 8.64. The molecule has 1 saturated carbocycles. The average molecular weight is 442 g/mol. The Balaban J connectivity index is 1.49. The first-order valence-corrected chi connectivity index (χ1v) is 11.0. The summed E-state index contributed by atoms with van der Waals surface area (Å²) in [4.78, 5) is 17.3. The molecule has 0 saturated heterocycles. The van der Waals surface area contributed by atoms with Crippen LogP contribution in [0.25, 0.3) is 5.69 Å². The van der Waals surface area contributed by atoms with Gasteiger partial charge >= 0.3 is 0 Å².